The van der Waals surface area contributed by atoms with Crippen molar-refractivity contribution >= 4 is 17.0 Å². The fourth-order valence-electron chi connectivity index (χ4n) is 2.09. The highest BCUT2D eigenvalue weighted by Gasteiger charge is 2.16. The molecule has 2 aromatic rings. The lowest BCUT2D eigenvalue weighted by Gasteiger charge is -2.20. The number of hydrogen-bond acceptors (Lipinski definition) is 5. The summed E-state index contributed by atoms with van der Waals surface area (Å²) in [6.45, 7) is 5.27. The number of ether oxygens (including phenoxy) is 3. The van der Waals surface area contributed by atoms with E-state index in [1.54, 1.807) is 52.1 Å². The predicted octanol–water partition coefficient (Wildman–Crippen LogP) is 4.00. The van der Waals surface area contributed by atoms with Crippen LogP contribution in [0.4, 0.5) is 9.18 Å². The molecule has 1 amide bonds. The first-order valence-electron chi connectivity index (χ1n) is 8.13. The zero-order chi connectivity index (χ0) is 19.2. The molecule has 6 nitrogen and oxygen atoms in total. The van der Waals surface area contributed by atoms with Crippen LogP contribution in [0.25, 0.3) is 10.9 Å². The zero-order valence-corrected chi connectivity index (χ0v) is 15.3. The SMILES string of the molecule is COc1ccc2cc(OC/C(=C/F)CNC(=O)OC(C)(C)C)ccc2n1. The summed E-state index contributed by atoms with van der Waals surface area (Å²) in [4.78, 5) is 15.9. The van der Waals surface area contributed by atoms with Crippen molar-refractivity contribution in [3.63, 3.8) is 0 Å². The van der Waals surface area contributed by atoms with E-state index >= 15 is 0 Å². The summed E-state index contributed by atoms with van der Waals surface area (Å²) >= 11 is 0. The quantitative estimate of drug-likeness (QED) is 0.841. The lowest BCUT2D eigenvalue weighted by molar-refractivity contribution is 0.0531. The third-order valence-corrected chi connectivity index (χ3v) is 3.28. The molecule has 26 heavy (non-hydrogen) atoms. The maximum atomic E-state index is 13.0. The third kappa shape index (κ3) is 5.91. The average molecular weight is 362 g/mol. The normalized spacial score (nSPS) is 12.0. The Hall–Kier alpha value is -2.83. The number of methoxy groups -OCH3 is 1. The molecule has 0 aliphatic rings. The summed E-state index contributed by atoms with van der Waals surface area (Å²) in [5.74, 6) is 1.10. The van der Waals surface area contributed by atoms with E-state index in [-0.39, 0.29) is 18.7 Å². The van der Waals surface area contributed by atoms with Crippen LogP contribution in [-0.4, -0.2) is 36.9 Å². The van der Waals surface area contributed by atoms with Gasteiger partial charge in [0.1, 0.15) is 18.0 Å². The minimum atomic E-state index is -0.609. The van der Waals surface area contributed by atoms with E-state index in [1.165, 1.54) is 0 Å². The Bertz CT molecular complexity index is 800. The van der Waals surface area contributed by atoms with E-state index in [2.05, 4.69) is 10.3 Å². The van der Waals surface area contributed by atoms with Gasteiger partial charge in [0, 0.05) is 23.6 Å². The molecule has 2 rings (SSSR count). The summed E-state index contributed by atoms with van der Waals surface area (Å²) in [5.41, 5.74) is 0.440. The molecule has 0 saturated carbocycles. The lowest BCUT2D eigenvalue weighted by Crippen LogP contribution is -2.34. The van der Waals surface area contributed by atoms with Crippen LogP contribution in [0.15, 0.2) is 42.2 Å². The monoisotopic (exact) mass is 362 g/mol. The lowest BCUT2D eigenvalue weighted by atomic mass is 10.2. The van der Waals surface area contributed by atoms with Crippen molar-refractivity contribution in [2.75, 3.05) is 20.3 Å². The van der Waals surface area contributed by atoms with Gasteiger partial charge in [-0.15, -0.1) is 0 Å². The van der Waals surface area contributed by atoms with Gasteiger partial charge in [0.05, 0.1) is 19.0 Å². The number of nitrogens with one attached hydrogen (secondary N) is 1. The second-order valence-corrected chi connectivity index (χ2v) is 6.62. The van der Waals surface area contributed by atoms with Gasteiger partial charge < -0.3 is 19.5 Å². The fraction of sp³-hybridized carbons (Fsp3) is 0.368. The van der Waals surface area contributed by atoms with Gasteiger partial charge in [0.2, 0.25) is 5.88 Å². The van der Waals surface area contributed by atoms with Gasteiger partial charge in [0.25, 0.3) is 0 Å². The van der Waals surface area contributed by atoms with Crippen LogP contribution in [0.5, 0.6) is 11.6 Å². The van der Waals surface area contributed by atoms with E-state index in [4.69, 9.17) is 14.2 Å². The molecule has 1 heterocycles. The summed E-state index contributed by atoms with van der Waals surface area (Å²) in [7, 11) is 1.56. The van der Waals surface area contributed by atoms with Crippen LogP contribution in [0.2, 0.25) is 0 Å². The second-order valence-electron chi connectivity index (χ2n) is 6.62. The molecule has 1 aromatic carbocycles. The van der Waals surface area contributed by atoms with E-state index in [0.717, 1.165) is 10.9 Å². The molecule has 0 atom stereocenters. The minimum absolute atomic E-state index is 0.00138. The standard InChI is InChI=1S/C19H23FN2O4/c1-19(2,3)26-18(23)21-11-13(10-20)12-25-15-6-7-16-14(9-15)5-8-17(22-16)24-4/h5-10H,11-12H2,1-4H3,(H,21,23)/b13-10+. The molecular formula is C19H23FN2O4. The molecule has 140 valence electrons. The molecule has 0 aliphatic carbocycles. The molecule has 7 heteroatoms. The zero-order valence-electron chi connectivity index (χ0n) is 15.3. The number of carbonyl (C=O) groups excluding carboxylic acids is 1. The number of hydrogen-bond donors (Lipinski definition) is 1. The Morgan fingerprint density at radius 2 is 2.04 bits per heavy atom. The Morgan fingerprint density at radius 1 is 1.27 bits per heavy atom. The Balaban J connectivity index is 1.91. The second kappa shape index (κ2) is 8.51. The molecular weight excluding hydrogens is 339 g/mol. The Labute approximate surface area is 152 Å². The van der Waals surface area contributed by atoms with Crippen molar-refractivity contribution in [1.82, 2.24) is 10.3 Å². The van der Waals surface area contributed by atoms with Crippen molar-refractivity contribution in [2.45, 2.75) is 26.4 Å². The summed E-state index contributed by atoms with van der Waals surface area (Å²) < 4.78 is 28.8. The van der Waals surface area contributed by atoms with Crippen LogP contribution in [-0.2, 0) is 4.74 Å². The molecule has 0 unspecified atom stereocenters. The molecule has 0 fully saturated rings. The van der Waals surface area contributed by atoms with Gasteiger partial charge in [-0.25, -0.2) is 14.2 Å². The summed E-state index contributed by atoms with van der Waals surface area (Å²) in [6, 6.07) is 8.96. The van der Waals surface area contributed by atoms with Crippen LogP contribution >= 0.6 is 0 Å². The van der Waals surface area contributed by atoms with Crippen LogP contribution in [0.1, 0.15) is 20.8 Å². The highest BCUT2D eigenvalue weighted by molar-refractivity contribution is 5.80. The van der Waals surface area contributed by atoms with E-state index in [9.17, 15) is 9.18 Å². The number of pyridine rings is 1. The summed E-state index contributed by atoms with van der Waals surface area (Å²) in [5, 5.41) is 3.37. The largest absolute Gasteiger partial charge is 0.489 e. The predicted molar refractivity (Wildman–Crippen MR) is 97.2 cm³/mol. The molecule has 1 N–H and O–H groups in total. The van der Waals surface area contributed by atoms with Crippen molar-refractivity contribution < 1.29 is 23.4 Å². The van der Waals surface area contributed by atoms with E-state index < -0.39 is 11.7 Å². The number of halogens is 1. The number of nitrogens with zero attached hydrogens (tertiary/aromatic N) is 1. The maximum Gasteiger partial charge on any atom is 0.407 e. The maximum absolute atomic E-state index is 13.0. The Morgan fingerprint density at radius 3 is 2.69 bits per heavy atom. The summed E-state index contributed by atoms with van der Waals surface area (Å²) in [6.07, 6.45) is -0.187. The molecule has 0 spiro atoms. The van der Waals surface area contributed by atoms with Crippen LogP contribution < -0.4 is 14.8 Å². The number of carbonyl (C=O) groups is 1. The van der Waals surface area contributed by atoms with Crippen molar-refractivity contribution in [2.24, 2.45) is 0 Å². The first-order chi connectivity index (χ1) is 12.3. The van der Waals surface area contributed by atoms with Gasteiger partial charge in [0.15, 0.2) is 0 Å². The van der Waals surface area contributed by atoms with Crippen LogP contribution in [0.3, 0.4) is 0 Å². The minimum Gasteiger partial charge on any atom is -0.489 e. The van der Waals surface area contributed by atoms with E-state index in [0.29, 0.717) is 18.0 Å². The highest BCUT2D eigenvalue weighted by Crippen LogP contribution is 2.22. The number of amides is 1. The average Bonchev–Trinajstić information content (AvgIpc) is 2.59. The van der Waals surface area contributed by atoms with Gasteiger partial charge >= 0.3 is 6.09 Å². The Kier molecular flexibility index (Phi) is 6.38. The molecule has 0 saturated heterocycles. The number of fused-ring (bicyclic) bond motifs is 1. The van der Waals surface area contributed by atoms with Gasteiger partial charge in [-0.05, 0) is 45.0 Å². The van der Waals surface area contributed by atoms with Crippen molar-refractivity contribution in [3.8, 4) is 11.6 Å². The number of benzene rings is 1. The molecule has 1 aromatic heterocycles. The molecule has 0 aliphatic heterocycles. The van der Waals surface area contributed by atoms with Gasteiger partial charge in [-0.2, -0.15) is 0 Å². The first kappa shape index (κ1) is 19.5. The molecule has 0 bridgehead atoms. The van der Waals surface area contributed by atoms with Gasteiger partial charge in [-0.1, -0.05) is 0 Å². The van der Waals surface area contributed by atoms with Gasteiger partial charge in [-0.3, -0.25) is 0 Å². The highest BCUT2D eigenvalue weighted by atomic mass is 19.1. The third-order valence-electron chi connectivity index (χ3n) is 3.28. The number of alkyl carbamates (subject to hydrolysis) is 1. The number of aromatic nitrogens is 1. The first-order valence-corrected chi connectivity index (χ1v) is 8.13. The van der Waals surface area contributed by atoms with Crippen molar-refractivity contribution in [3.05, 3.63) is 42.2 Å². The number of rotatable bonds is 6. The topological polar surface area (TPSA) is 69.7 Å². The smallest absolute Gasteiger partial charge is 0.407 e. The van der Waals surface area contributed by atoms with Crippen molar-refractivity contribution in [1.29, 1.82) is 0 Å². The van der Waals surface area contributed by atoms with Crippen LogP contribution in [0, 0.1) is 0 Å². The van der Waals surface area contributed by atoms with E-state index in [1.807, 2.05) is 6.07 Å². The molecule has 0 radical (unpaired) electrons. The fourth-order valence-corrected chi connectivity index (χ4v) is 2.09.